The Balaban J connectivity index is 1.86. The molecule has 1 aromatic carbocycles. The zero-order valence-electron chi connectivity index (χ0n) is 10.9. The SMILES string of the molecule is Cc1ccc(C(Nc2cccnc2Cl)C2CC2)cc1. The van der Waals surface area contributed by atoms with E-state index < -0.39 is 0 Å². The van der Waals surface area contributed by atoms with E-state index in [4.69, 9.17) is 11.6 Å². The number of aryl methyl sites for hydroxylation is 1. The number of hydrogen-bond acceptors (Lipinski definition) is 2. The monoisotopic (exact) mass is 272 g/mol. The van der Waals surface area contributed by atoms with E-state index in [0.29, 0.717) is 17.1 Å². The van der Waals surface area contributed by atoms with E-state index in [9.17, 15) is 0 Å². The van der Waals surface area contributed by atoms with Crippen molar-refractivity contribution in [2.45, 2.75) is 25.8 Å². The first-order chi connectivity index (χ1) is 9.24. The molecule has 2 aromatic rings. The first-order valence-corrected chi connectivity index (χ1v) is 7.05. The van der Waals surface area contributed by atoms with Crippen LogP contribution in [0.2, 0.25) is 5.15 Å². The summed E-state index contributed by atoms with van der Waals surface area (Å²) in [6.07, 6.45) is 4.28. The van der Waals surface area contributed by atoms with Crippen molar-refractivity contribution in [3.8, 4) is 0 Å². The van der Waals surface area contributed by atoms with Crippen molar-refractivity contribution in [3.05, 3.63) is 58.9 Å². The Morgan fingerprint density at radius 2 is 1.95 bits per heavy atom. The van der Waals surface area contributed by atoms with Gasteiger partial charge >= 0.3 is 0 Å². The standard InChI is InChI=1S/C16H17ClN2/c1-11-4-6-12(7-5-11)15(13-8-9-13)19-14-3-2-10-18-16(14)17/h2-7,10,13,15,19H,8-9H2,1H3. The van der Waals surface area contributed by atoms with Crippen molar-refractivity contribution in [1.82, 2.24) is 4.98 Å². The molecule has 0 spiro atoms. The molecular formula is C16H17ClN2. The minimum Gasteiger partial charge on any atom is -0.375 e. The molecule has 1 aliphatic carbocycles. The molecule has 19 heavy (non-hydrogen) atoms. The van der Waals surface area contributed by atoms with Crippen LogP contribution in [0, 0.1) is 12.8 Å². The molecule has 98 valence electrons. The molecular weight excluding hydrogens is 256 g/mol. The lowest BCUT2D eigenvalue weighted by atomic mass is 10.0. The number of aromatic nitrogens is 1. The van der Waals surface area contributed by atoms with E-state index in [1.165, 1.54) is 24.0 Å². The zero-order valence-corrected chi connectivity index (χ0v) is 11.7. The van der Waals surface area contributed by atoms with Crippen LogP contribution < -0.4 is 5.32 Å². The number of hydrogen-bond donors (Lipinski definition) is 1. The van der Waals surface area contributed by atoms with Crippen LogP contribution in [0.3, 0.4) is 0 Å². The summed E-state index contributed by atoms with van der Waals surface area (Å²) in [6, 6.07) is 13.0. The average molecular weight is 273 g/mol. The van der Waals surface area contributed by atoms with Gasteiger partial charge in [0.1, 0.15) is 0 Å². The van der Waals surface area contributed by atoms with E-state index in [-0.39, 0.29) is 0 Å². The largest absolute Gasteiger partial charge is 0.375 e. The van der Waals surface area contributed by atoms with Gasteiger partial charge in [-0.25, -0.2) is 4.98 Å². The fourth-order valence-electron chi connectivity index (χ4n) is 2.34. The highest BCUT2D eigenvalue weighted by Gasteiger charge is 2.32. The molecule has 1 N–H and O–H groups in total. The van der Waals surface area contributed by atoms with Crippen LogP contribution in [0.25, 0.3) is 0 Å². The van der Waals surface area contributed by atoms with Crippen molar-refractivity contribution in [1.29, 1.82) is 0 Å². The van der Waals surface area contributed by atoms with Gasteiger partial charge in [-0.2, -0.15) is 0 Å². The summed E-state index contributed by atoms with van der Waals surface area (Å²) in [5.41, 5.74) is 3.53. The Morgan fingerprint density at radius 3 is 2.58 bits per heavy atom. The molecule has 0 bridgehead atoms. The number of benzene rings is 1. The second-order valence-electron chi connectivity index (χ2n) is 5.21. The van der Waals surface area contributed by atoms with Gasteiger partial charge in [-0.1, -0.05) is 41.4 Å². The van der Waals surface area contributed by atoms with Gasteiger partial charge in [0.2, 0.25) is 0 Å². The van der Waals surface area contributed by atoms with Crippen molar-refractivity contribution in [2.24, 2.45) is 5.92 Å². The zero-order chi connectivity index (χ0) is 13.2. The molecule has 1 atom stereocenters. The first kappa shape index (κ1) is 12.5. The lowest BCUT2D eigenvalue weighted by Crippen LogP contribution is -2.13. The van der Waals surface area contributed by atoms with Crippen molar-refractivity contribution < 1.29 is 0 Å². The van der Waals surface area contributed by atoms with E-state index in [0.717, 1.165) is 5.69 Å². The third-order valence-corrected chi connectivity index (χ3v) is 3.90. The van der Waals surface area contributed by atoms with Crippen molar-refractivity contribution in [3.63, 3.8) is 0 Å². The van der Waals surface area contributed by atoms with Crippen molar-refractivity contribution in [2.75, 3.05) is 5.32 Å². The molecule has 0 aliphatic heterocycles. The predicted molar refractivity (Wildman–Crippen MR) is 79.5 cm³/mol. The summed E-state index contributed by atoms with van der Waals surface area (Å²) in [4.78, 5) is 4.12. The number of anilines is 1. The highest BCUT2D eigenvalue weighted by Crippen LogP contribution is 2.43. The van der Waals surface area contributed by atoms with Crippen LogP contribution in [0.4, 0.5) is 5.69 Å². The minimum atomic E-state index is 0.335. The van der Waals surface area contributed by atoms with Crippen LogP contribution in [0.1, 0.15) is 30.0 Å². The number of halogens is 1. The van der Waals surface area contributed by atoms with Gasteiger partial charge in [-0.05, 0) is 43.4 Å². The van der Waals surface area contributed by atoms with Crippen molar-refractivity contribution >= 4 is 17.3 Å². The van der Waals surface area contributed by atoms with E-state index in [1.54, 1.807) is 6.20 Å². The molecule has 1 heterocycles. The van der Waals surface area contributed by atoms with Gasteiger partial charge in [0.15, 0.2) is 5.15 Å². The second kappa shape index (κ2) is 5.22. The van der Waals surface area contributed by atoms with Crippen LogP contribution in [-0.4, -0.2) is 4.98 Å². The second-order valence-corrected chi connectivity index (χ2v) is 5.57. The number of nitrogens with zero attached hydrogens (tertiary/aromatic N) is 1. The molecule has 3 heteroatoms. The van der Waals surface area contributed by atoms with Crippen LogP contribution >= 0.6 is 11.6 Å². The van der Waals surface area contributed by atoms with Gasteiger partial charge < -0.3 is 5.32 Å². The summed E-state index contributed by atoms with van der Waals surface area (Å²) >= 11 is 6.13. The molecule has 1 saturated carbocycles. The van der Waals surface area contributed by atoms with Gasteiger partial charge in [0.05, 0.1) is 11.7 Å². The third-order valence-electron chi connectivity index (χ3n) is 3.60. The van der Waals surface area contributed by atoms with Gasteiger partial charge in [0, 0.05) is 6.20 Å². The number of pyridine rings is 1. The van der Waals surface area contributed by atoms with Gasteiger partial charge in [-0.3, -0.25) is 0 Å². The van der Waals surface area contributed by atoms with Crippen LogP contribution in [0.5, 0.6) is 0 Å². The van der Waals surface area contributed by atoms with E-state index in [1.807, 2.05) is 12.1 Å². The maximum Gasteiger partial charge on any atom is 0.152 e. The average Bonchev–Trinajstić information content (AvgIpc) is 3.24. The Morgan fingerprint density at radius 1 is 1.21 bits per heavy atom. The normalized spacial score (nSPS) is 16.1. The van der Waals surface area contributed by atoms with Crippen LogP contribution in [-0.2, 0) is 0 Å². The van der Waals surface area contributed by atoms with Gasteiger partial charge in [0.25, 0.3) is 0 Å². The molecule has 0 radical (unpaired) electrons. The molecule has 1 fully saturated rings. The quantitative estimate of drug-likeness (QED) is 0.823. The molecule has 0 saturated heterocycles. The Kier molecular flexibility index (Phi) is 3.43. The maximum atomic E-state index is 6.13. The predicted octanol–water partition coefficient (Wildman–Crippen LogP) is 4.61. The number of nitrogens with one attached hydrogen (secondary N) is 1. The molecule has 1 unspecified atom stereocenters. The topological polar surface area (TPSA) is 24.9 Å². The summed E-state index contributed by atoms with van der Waals surface area (Å²) < 4.78 is 0. The van der Waals surface area contributed by atoms with E-state index in [2.05, 4.69) is 41.5 Å². The Labute approximate surface area is 118 Å². The summed E-state index contributed by atoms with van der Waals surface area (Å²) in [6.45, 7) is 2.11. The Hall–Kier alpha value is -1.54. The lowest BCUT2D eigenvalue weighted by molar-refractivity contribution is 0.678. The van der Waals surface area contributed by atoms with E-state index >= 15 is 0 Å². The first-order valence-electron chi connectivity index (χ1n) is 6.67. The highest BCUT2D eigenvalue weighted by molar-refractivity contribution is 6.31. The minimum absolute atomic E-state index is 0.335. The third kappa shape index (κ3) is 2.90. The highest BCUT2D eigenvalue weighted by atomic mass is 35.5. The lowest BCUT2D eigenvalue weighted by Gasteiger charge is -2.20. The maximum absolute atomic E-state index is 6.13. The van der Waals surface area contributed by atoms with Crippen LogP contribution in [0.15, 0.2) is 42.6 Å². The summed E-state index contributed by atoms with van der Waals surface area (Å²) in [5.74, 6) is 0.707. The summed E-state index contributed by atoms with van der Waals surface area (Å²) in [7, 11) is 0. The van der Waals surface area contributed by atoms with Gasteiger partial charge in [-0.15, -0.1) is 0 Å². The summed E-state index contributed by atoms with van der Waals surface area (Å²) in [5, 5.41) is 4.09. The Bertz CT molecular complexity index is 561. The fraction of sp³-hybridized carbons (Fsp3) is 0.312. The smallest absolute Gasteiger partial charge is 0.152 e. The molecule has 1 aliphatic rings. The molecule has 2 nitrogen and oxygen atoms in total. The molecule has 0 amide bonds. The molecule has 3 rings (SSSR count). The fourth-order valence-corrected chi connectivity index (χ4v) is 2.51. The molecule has 1 aromatic heterocycles. The number of rotatable bonds is 4.